The van der Waals surface area contributed by atoms with E-state index in [9.17, 15) is 9.59 Å². The Labute approximate surface area is 164 Å². The van der Waals surface area contributed by atoms with E-state index in [-0.39, 0.29) is 24.7 Å². The van der Waals surface area contributed by atoms with E-state index < -0.39 is 5.91 Å². The standard InChI is InChI=1S/C19H18N6O4/c1-2-24-17(13-7-4-3-5-8-13)22-25(19(24)27)12-16(26)20-11-15-21-18(29-23-15)14-9-6-10-28-14/h3-10H,2,11-12H2,1H3,(H,20,26). The van der Waals surface area contributed by atoms with Crippen molar-refractivity contribution in [1.29, 1.82) is 0 Å². The molecule has 0 saturated carbocycles. The van der Waals surface area contributed by atoms with Gasteiger partial charge in [0.15, 0.2) is 17.4 Å². The molecule has 1 N–H and O–H groups in total. The van der Waals surface area contributed by atoms with Gasteiger partial charge in [0.2, 0.25) is 5.91 Å². The summed E-state index contributed by atoms with van der Waals surface area (Å²) in [6.07, 6.45) is 1.50. The smallest absolute Gasteiger partial charge is 0.346 e. The molecule has 29 heavy (non-hydrogen) atoms. The molecule has 1 amide bonds. The highest BCUT2D eigenvalue weighted by Crippen LogP contribution is 2.17. The average Bonchev–Trinajstić information content (AvgIpc) is 3.48. The topological polar surface area (TPSA) is 121 Å². The summed E-state index contributed by atoms with van der Waals surface area (Å²) in [6, 6.07) is 12.8. The van der Waals surface area contributed by atoms with Gasteiger partial charge in [0.1, 0.15) is 6.54 Å². The number of carbonyl (C=O) groups excluding carboxylic acids is 1. The van der Waals surface area contributed by atoms with Crippen LogP contribution < -0.4 is 11.0 Å². The third kappa shape index (κ3) is 3.86. The molecule has 148 valence electrons. The predicted octanol–water partition coefficient (Wildman–Crippen LogP) is 1.69. The monoisotopic (exact) mass is 394 g/mol. The van der Waals surface area contributed by atoms with E-state index in [1.165, 1.54) is 10.8 Å². The molecular formula is C19H18N6O4. The first-order valence-corrected chi connectivity index (χ1v) is 9.02. The van der Waals surface area contributed by atoms with Crippen LogP contribution in [-0.4, -0.2) is 30.4 Å². The van der Waals surface area contributed by atoms with Crippen molar-refractivity contribution >= 4 is 5.91 Å². The lowest BCUT2D eigenvalue weighted by molar-refractivity contribution is -0.122. The van der Waals surface area contributed by atoms with Crippen LogP contribution in [0.1, 0.15) is 12.7 Å². The van der Waals surface area contributed by atoms with Crippen molar-refractivity contribution in [2.75, 3.05) is 0 Å². The Morgan fingerprint density at radius 3 is 2.72 bits per heavy atom. The van der Waals surface area contributed by atoms with Crippen molar-refractivity contribution in [3.8, 4) is 23.0 Å². The fraction of sp³-hybridized carbons (Fsp3) is 0.211. The Bertz CT molecular complexity index is 1160. The summed E-state index contributed by atoms with van der Waals surface area (Å²) in [5.74, 6) is 1.09. The highest BCUT2D eigenvalue weighted by atomic mass is 16.5. The number of aromatic nitrogens is 5. The molecule has 0 fully saturated rings. The van der Waals surface area contributed by atoms with E-state index >= 15 is 0 Å². The predicted molar refractivity (Wildman–Crippen MR) is 101 cm³/mol. The summed E-state index contributed by atoms with van der Waals surface area (Å²) in [4.78, 5) is 29.0. The molecule has 0 saturated heterocycles. The van der Waals surface area contributed by atoms with Crippen molar-refractivity contribution in [3.05, 3.63) is 65.0 Å². The third-order valence-electron chi connectivity index (χ3n) is 4.21. The zero-order valence-corrected chi connectivity index (χ0v) is 15.6. The van der Waals surface area contributed by atoms with Gasteiger partial charge in [-0.1, -0.05) is 35.5 Å². The van der Waals surface area contributed by atoms with E-state index in [2.05, 4.69) is 20.6 Å². The minimum Gasteiger partial charge on any atom is -0.459 e. The number of rotatable bonds is 7. The summed E-state index contributed by atoms with van der Waals surface area (Å²) < 4.78 is 12.9. The number of furan rings is 1. The van der Waals surface area contributed by atoms with Gasteiger partial charge in [-0.25, -0.2) is 9.48 Å². The SMILES string of the molecule is CCn1c(-c2ccccc2)nn(CC(=O)NCc2noc(-c3ccco3)n2)c1=O. The van der Waals surface area contributed by atoms with Crippen molar-refractivity contribution in [3.63, 3.8) is 0 Å². The maximum Gasteiger partial charge on any atom is 0.346 e. The molecule has 0 aliphatic carbocycles. The Balaban J connectivity index is 1.44. The molecule has 0 spiro atoms. The van der Waals surface area contributed by atoms with E-state index in [0.29, 0.717) is 24.0 Å². The molecular weight excluding hydrogens is 376 g/mol. The van der Waals surface area contributed by atoms with Gasteiger partial charge in [-0.3, -0.25) is 9.36 Å². The van der Waals surface area contributed by atoms with Gasteiger partial charge in [0.25, 0.3) is 5.89 Å². The van der Waals surface area contributed by atoms with Crippen molar-refractivity contribution < 1.29 is 13.7 Å². The molecule has 10 heteroatoms. The molecule has 0 bridgehead atoms. The van der Waals surface area contributed by atoms with Gasteiger partial charge >= 0.3 is 5.69 Å². The lowest BCUT2D eigenvalue weighted by atomic mass is 10.2. The number of nitrogens with zero attached hydrogens (tertiary/aromatic N) is 5. The first kappa shape index (κ1) is 18.4. The summed E-state index contributed by atoms with van der Waals surface area (Å²) in [6.45, 7) is 2.14. The number of hydrogen-bond acceptors (Lipinski definition) is 7. The number of hydrogen-bond donors (Lipinski definition) is 1. The number of amides is 1. The first-order valence-electron chi connectivity index (χ1n) is 9.02. The zero-order chi connectivity index (χ0) is 20.2. The Morgan fingerprint density at radius 1 is 1.17 bits per heavy atom. The van der Waals surface area contributed by atoms with E-state index in [1.54, 1.807) is 12.1 Å². The molecule has 0 atom stereocenters. The largest absolute Gasteiger partial charge is 0.459 e. The van der Waals surface area contributed by atoms with Crippen molar-refractivity contribution in [2.24, 2.45) is 0 Å². The molecule has 3 aromatic heterocycles. The van der Waals surface area contributed by atoms with Crippen LogP contribution in [0.3, 0.4) is 0 Å². The van der Waals surface area contributed by atoms with Gasteiger partial charge in [0, 0.05) is 12.1 Å². The van der Waals surface area contributed by atoms with Gasteiger partial charge in [-0.05, 0) is 19.1 Å². The molecule has 0 radical (unpaired) electrons. The molecule has 3 heterocycles. The fourth-order valence-electron chi connectivity index (χ4n) is 2.83. The van der Waals surface area contributed by atoms with Crippen LogP contribution in [-0.2, 0) is 24.4 Å². The van der Waals surface area contributed by atoms with Crippen molar-refractivity contribution in [2.45, 2.75) is 26.6 Å². The van der Waals surface area contributed by atoms with Crippen LogP contribution in [0.15, 0.2) is 62.5 Å². The highest BCUT2D eigenvalue weighted by molar-refractivity contribution is 5.75. The highest BCUT2D eigenvalue weighted by Gasteiger charge is 2.17. The second-order valence-corrected chi connectivity index (χ2v) is 6.14. The summed E-state index contributed by atoms with van der Waals surface area (Å²) in [7, 11) is 0. The summed E-state index contributed by atoms with van der Waals surface area (Å²) >= 11 is 0. The van der Waals surface area contributed by atoms with Crippen LogP contribution >= 0.6 is 0 Å². The number of carbonyl (C=O) groups is 1. The van der Waals surface area contributed by atoms with E-state index in [4.69, 9.17) is 8.94 Å². The quantitative estimate of drug-likeness (QED) is 0.506. The maximum absolute atomic E-state index is 12.6. The molecule has 10 nitrogen and oxygen atoms in total. The van der Waals surface area contributed by atoms with Crippen LogP contribution in [0.5, 0.6) is 0 Å². The molecule has 0 aliphatic heterocycles. The molecule has 4 rings (SSSR count). The summed E-state index contributed by atoms with van der Waals surface area (Å²) in [5.41, 5.74) is 0.462. The number of benzene rings is 1. The van der Waals surface area contributed by atoms with Crippen LogP contribution in [0.25, 0.3) is 23.0 Å². The average molecular weight is 394 g/mol. The van der Waals surface area contributed by atoms with Crippen LogP contribution in [0.4, 0.5) is 0 Å². The number of nitrogens with one attached hydrogen (secondary N) is 1. The van der Waals surface area contributed by atoms with Crippen LogP contribution in [0.2, 0.25) is 0 Å². The fourth-order valence-corrected chi connectivity index (χ4v) is 2.83. The van der Waals surface area contributed by atoms with E-state index in [0.717, 1.165) is 10.2 Å². The minimum atomic E-state index is -0.392. The van der Waals surface area contributed by atoms with E-state index in [1.807, 2.05) is 37.3 Å². The Morgan fingerprint density at radius 2 is 2.00 bits per heavy atom. The van der Waals surface area contributed by atoms with Crippen molar-refractivity contribution in [1.82, 2.24) is 29.8 Å². The Kier molecular flexibility index (Phi) is 5.06. The second kappa shape index (κ2) is 7.97. The maximum atomic E-state index is 12.6. The Hall–Kier alpha value is -3.95. The van der Waals surface area contributed by atoms with Crippen LogP contribution in [0, 0.1) is 0 Å². The van der Waals surface area contributed by atoms with Gasteiger partial charge in [-0.2, -0.15) is 4.98 Å². The van der Waals surface area contributed by atoms with Gasteiger partial charge < -0.3 is 14.3 Å². The van der Waals surface area contributed by atoms with Gasteiger partial charge in [-0.15, -0.1) is 5.10 Å². The molecule has 1 aromatic carbocycles. The lowest BCUT2D eigenvalue weighted by Gasteiger charge is -2.01. The molecule has 0 aliphatic rings. The molecule has 0 unspecified atom stereocenters. The second-order valence-electron chi connectivity index (χ2n) is 6.14. The summed E-state index contributed by atoms with van der Waals surface area (Å²) in [5, 5.41) is 10.8. The van der Waals surface area contributed by atoms with Gasteiger partial charge in [0.05, 0.1) is 12.8 Å². The zero-order valence-electron chi connectivity index (χ0n) is 15.6. The third-order valence-corrected chi connectivity index (χ3v) is 4.21. The first-order chi connectivity index (χ1) is 14.2. The lowest BCUT2D eigenvalue weighted by Crippen LogP contribution is -2.33. The normalized spacial score (nSPS) is 10.9. The minimum absolute atomic E-state index is 0.0534. The molecule has 4 aromatic rings.